The second-order valence-electron chi connectivity index (χ2n) is 3.59. The zero-order chi connectivity index (χ0) is 13.8. The molecule has 0 heterocycles. The van der Waals surface area contributed by atoms with Crippen molar-refractivity contribution < 1.29 is 32.1 Å². The molecule has 1 rings (SSSR count). The summed E-state index contributed by atoms with van der Waals surface area (Å²) in [7, 11) is 0. The predicted octanol–water partition coefficient (Wildman–Crippen LogP) is 2.79. The first kappa shape index (κ1) is 14.7. The molecule has 0 aromatic heterocycles. The molecule has 0 saturated heterocycles. The lowest BCUT2D eigenvalue weighted by Crippen LogP contribution is -2.19. The molecule has 1 aromatic rings. The van der Waals surface area contributed by atoms with E-state index in [1.807, 2.05) is 0 Å². The van der Waals surface area contributed by atoms with Gasteiger partial charge in [0.1, 0.15) is 18.2 Å². The van der Waals surface area contributed by atoms with Gasteiger partial charge in [0.05, 0.1) is 6.10 Å². The molecule has 7 heteroatoms. The number of halogens is 4. The molecule has 0 aliphatic rings. The third kappa shape index (κ3) is 4.89. The van der Waals surface area contributed by atoms with Gasteiger partial charge in [-0.05, 0) is 19.1 Å². The van der Waals surface area contributed by atoms with Crippen molar-refractivity contribution in [2.45, 2.75) is 19.2 Å². The second-order valence-corrected chi connectivity index (χ2v) is 3.59. The fourth-order valence-corrected chi connectivity index (χ4v) is 1.20. The molecule has 0 fully saturated rings. The molecule has 102 valence electrons. The summed E-state index contributed by atoms with van der Waals surface area (Å²) in [5.41, 5.74) is 0.0820. The summed E-state index contributed by atoms with van der Waals surface area (Å²) in [6.07, 6.45) is -5.40. The minimum absolute atomic E-state index is 0.0269. The molecular weight excluding hydrogens is 256 g/mol. The monoisotopic (exact) mass is 268 g/mol. The molecule has 0 unspecified atom stereocenters. The number of benzene rings is 1. The van der Waals surface area contributed by atoms with Crippen LogP contribution in [0, 0.1) is 5.82 Å². The van der Waals surface area contributed by atoms with Crippen molar-refractivity contribution in [1.82, 2.24) is 0 Å². The summed E-state index contributed by atoms with van der Waals surface area (Å²) in [6.45, 7) is -0.667. The van der Waals surface area contributed by atoms with Gasteiger partial charge in [0.2, 0.25) is 0 Å². The Bertz CT molecular complexity index is 390. The summed E-state index contributed by atoms with van der Waals surface area (Å²) >= 11 is 0. The van der Waals surface area contributed by atoms with Gasteiger partial charge in [-0.15, -0.1) is 0 Å². The van der Waals surface area contributed by atoms with Gasteiger partial charge in [-0.1, -0.05) is 0 Å². The molecule has 0 radical (unpaired) electrons. The Kier molecular flexibility index (Phi) is 4.92. The van der Waals surface area contributed by atoms with E-state index in [0.29, 0.717) is 0 Å². The van der Waals surface area contributed by atoms with E-state index in [2.05, 4.69) is 4.74 Å². The van der Waals surface area contributed by atoms with E-state index in [-0.39, 0.29) is 11.3 Å². The fourth-order valence-electron chi connectivity index (χ4n) is 1.20. The molecule has 1 aromatic carbocycles. The standard InChI is InChI=1S/C11H12F4O3/c1-7(16)9-3-2-8(4-10(9)12)18-6-17-5-11(13,14)15/h2-4,7,16H,5-6H2,1H3/t7-/m0/s1. The van der Waals surface area contributed by atoms with Crippen LogP contribution in [-0.4, -0.2) is 24.7 Å². The van der Waals surface area contributed by atoms with E-state index in [9.17, 15) is 17.6 Å². The van der Waals surface area contributed by atoms with Crippen LogP contribution in [0.25, 0.3) is 0 Å². The summed E-state index contributed by atoms with van der Waals surface area (Å²) in [6, 6.07) is 3.60. The number of aliphatic hydroxyl groups excluding tert-OH is 1. The van der Waals surface area contributed by atoms with E-state index in [1.165, 1.54) is 19.1 Å². The minimum atomic E-state index is -4.43. The number of ether oxygens (including phenoxy) is 2. The first-order valence-corrected chi connectivity index (χ1v) is 5.04. The van der Waals surface area contributed by atoms with Crippen LogP contribution in [-0.2, 0) is 4.74 Å². The van der Waals surface area contributed by atoms with Gasteiger partial charge in [0, 0.05) is 11.6 Å². The molecule has 0 amide bonds. The molecule has 0 aliphatic carbocycles. The van der Waals surface area contributed by atoms with Crippen molar-refractivity contribution >= 4 is 0 Å². The van der Waals surface area contributed by atoms with Gasteiger partial charge in [0.15, 0.2) is 6.79 Å². The maximum absolute atomic E-state index is 13.3. The Morgan fingerprint density at radius 3 is 2.50 bits per heavy atom. The van der Waals surface area contributed by atoms with Crippen LogP contribution in [0.15, 0.2) is 18.2 Å². The van der Waals surface area contributed by atoms with Crippen molar-refractivity contribution in [3.05, 3.63) is 29.6 Å². The van der Waals surface area contributed by atoms with Crippen molar-refractivity contribution in [3.63, 3.8) is 0 Å². The minimum Gasteiger partial charge on any atom is -0.467 e. The second kappa shape index (κ2) is 6.01. The number of hydrogen-bond donors (Lipinski definition) is 1. The highest BCUT2D eigenvalue weighted by molar-refractivity contribution is 5.29. The summed E-state index contributed by atoms with van der Waals surface area (Å²) in [5.74, 6) is -0.669. The lowest BCUT2D eigenvalue weighted by Gasteiger charge is -2.11. The van der Waals surface area contributed by atoms with Crippen LogP contribution in [0.4, 0.5) is 17.6 Å². The molecule has 0 saturated carbocycles. The maximum atomic E-state index is 13.3. The van der Waals surface area contributed by atoms with Crippen LogP contribution in [0.5, 0.6) is 5.75 Å². The zero-order valence-corrected chi connectivity index (χ0v) is 9.50. The van der Waals surface area contributed by atoms with E-state index in [4.69, 9.17) is 9.84 Å². The van der Waals surface area contributed by atoms with E-state index in [0.717, 1.165) is 6.07 Å². The summed E-state index contributed by atoms with van der Waals surface area (Å²) < 4.78 is 57.5. The van der Waals surface area contributed by atoms with Gasteiger partial charge < -0.3 is 14.6 Å². The van der Waals surface area contributed by atoms with Gasteiger partial charge in [-0.3, -0.25) is 0 Å². The Labute approximate surface area is 101 Å². The van der Waals surface area contributed by atoms with Gasteiger partial charge in [-0.25, -0.2) is 4.39 Å². The SMILES string of the molecule is C[C@H](O)c1ccc(OCOCC(F)(F)F)cc1F. The smallest absolute Gasteiger partial charge is 0.411 e. The van der Waals surface area contributed by atoms with E-state index < -0.39 is 31.5 Å². The highest BCUT2D eigenvalue weighted by Crippen LogP contribution is 2.22. The van der Waals surface area contributed by atoms with E-state index in [1.54, 1.807) is 0 Å². The Morgan fingerprint density at radius 2 is 2.00 bits per heavy atom. The molecule has 0 bridgehead atoms. The van der Waals surface area contributed by atoms with Gasteiger partial charge in [-0.2, -0.15) is 13.2 Å². The average Bonchev–Trinajstić information content (AvgIpc) is 2.22. The van der Waals surface area contributed by atoms with Crippen LogP contribution < -0.4 is 4.74 Å². The fraction of sp³-hybridized carbons (Fsp3) is 0.455. The first-order chi connectivity index (χ1) is 8.29. The van der Waals surface area contributed by atoms with Gasteiger partial charge in [0.25, 0.3) is 0 Å². The Balaban J connectivity index is 2.47. The quantitative estimate of drug-likeness (QED) is 0.507. The van der Waals surface area contributed by atoms with Gasteiger partial charge >= 0.3 is 6.18 Å². The van der Waals surface area contributed by atoms with Crippen molar-refractivity contribution in [1.29, 1.82) is 0 Å². The predicted molar refractivity (Wildman–Crippen MR) is 54.5 cm³/mol. The topological polar surface area (TPSA) is 38.7 Å². The normalized spacial score (nSPS) is 13.4. The summed E-state index contributed by atoms with van der Waals surface area (Å²) in [4.78, 5) is 0. The van der Waals surface area contributed by atoms with Crippen LogP contribution in [0.3, 0.4) is 0 Å². The number of aliphatic hydroxyl groups is 1. The molecule has 0 spiro atoms. The third-order valence-electron chi connectivity index (χ3n) is 2.00. The molecule has 1 N–H and O–H groups in total. The van der Waals surface area contributed by atoms with Crippen molar-refractivity contribution in [2.24, 2.45) is 0 Å². The van der Waals surface area contributed by atoms with Crippen LogP contribution in [0.1, 0.15) is 18.6 Å². The first-order valence-electron chi connectivity index (χ1n) is 5.04. The zero-order valence-electron chi connectivity index (χ0n) is 9.50. The van der Waals surface area contributed by atoms with Crippen molar-refractivity contribution in [3.8, 4) is 5.75 Å². The highest BCUT2D eigenvalue weighted by atomic mass is 19.4. The van der Waals surface area contributed by atoms with Crippen LogP contribution in [0.2, 0.25) is 0 Å². The molecule has 3 nitrogen and oxygen atoms in total. The number of hydrogen-bond acceptors (Lipinski definition) is 3. The molecule has 1 atom stereocenters. The largest absolute Gasteiger partial charge is 0.467 e. The average molecular weight is 268 g/mol. The molecule has 0 aliphatic heterocycles. The lowest BCUT2D eigenvalue weighted by atomic mass is 10.1. The number of rotatable bonds is 5. The van der Waals surface area contributed by atoms with Crippen molar-refractivity contribution in [2.75, 3.05) is 13.4 Å². The summed E-state index contributed by atoms with van der Waals surface area (Å²) in [5, 5.41) is 9.17. The Hall–Kier alpha value is -1.34. The third-order valence-corrected chi connectivity index (χ3v) is 2.00. The Morgan fingerprint density at radius 1 is 1.33 bits per heavy atom. The molecule has 18 heavy (non-hydrogen) atoms. The maximum Gasteiger partial charge on any atom is 0.411 e. The number of alkyl halides is 3. The van der Waals surface area contributed by atoms with E-state index >= 15 is 0 Å². The molecular formula is C11H12F4O3. The lowest BCUT2D eigenvalue weighted by molar-refractivity contribution is -0.186. The van der Waals surface area contributed by atoms with Crippen LogP contribution >= 0.6 is 0 Å². The highest BCUT2D eigenvalue weighted by Gasteiger charge is 2.27.